The van der Waals surface area contributed by atoms with E-state index in [1.165, 1.54) is 0 Å². The average Bonchev–Trinajstić information content (AvgIpc) is 1.64. The normalized spacial score (nSPS) is 13.8. The minimum Gasteiger partial charge on any atom is -0.368 e. The van der Waals surface area contributed by atoms with Crippen LogP contribution in [-0.4, -0.2) is 19.0 Å². The topological polar surface area (TPSA) is 55.1 Å². The summed E-state index contributed by atoms with van der Waals surface area (Å²) >= 11 is 0. The number of nitrogens with two attached hydrogens (primary N) is 1. The molecule has 0 fully saturated rings. The molecule has 0 bridgehead atoms. The van der Waals surface area contributed by atoms with Crippen LogP contribution in [0.2, 0.25) is 0 Å². The zero-order valence-corrected chi connectivity index (χ0v) is 6.14. The Morgan fingerprint density at radius 2 is 2.00 bits per heavy atom. The number of amides is 1. The first-order valence-corrected chi connectivity index (χ1v) is 3.06. The minimum absolute atomic E-state index is 0.190. The second-order valence-corrected chi connectivity index (χ2v) is 2.41. The first kappa shape index (κ1) is 8.43. The van der Waals surface area contributed by atoms with Crippen molar-refractivity contribution in [2.24, 2.45) is 11.7 Å². The molecule has 1 amide bonds. The number of carbonyl (C=O) groups excluding carboxylic acids is 1. The Labute approximate surface area is 55.6 Å². The zero-order valence-electron chi connectivity index (χ0n) is 6.14. The molecule has 3 heteroatoms. The van der Waals surface area contributed by atoms with Crippen molar-refractivity contribution < 1.29 is 4.79 Å². The van der Waals surface area contributed by atoms with Crippen LogP contribution >= 0.6 is 0 Å². The standard InChI is InChI=1S/C6H14N2O/c1-4(2)5(8-3)6(7)9/h4-5,8H,1-3H3,(H2,7,9). The lowest BCUT2D eigenvalue weighted by molar-refractivity contribution is -0.120. The summed E-state index contributed by atoms with van der Waals surface area (Å²) in [5.41, 5.74) is 5.05. The summed E-state index contributed by atoms with van der Waals surface area (Å²) in [4.78, 5) is 10.5. The van der Waals surface area contributed by atoms with Gasteiger partial charge in [0.2, 0.25) is 5.91 Å². The van der Waals surface area contributed by atoms with Gasteiger partial charge in [0.25, 0.3) is 0 Å². The number of primary amides is 1. The molecule has 0 aliphatic heterocycles. The van der Waals surface area contributed by atoms with Crippen LogP contribution in [0, 0.1) is 5.92 Å². The van der Waals surface area contributed by atoms with Gasteiger partial charge in [0.1, 0.15) is 0 Å². The zero-order chi connectivity index (χ0) is 7.44. The van der Waals surface area contributed by atoms with Crippen LogP contribution in [-0.2, 0) is 4.79 Å². The van der Waals surface area contributed by atoms with Crippen molar-refractivity contribution in [2.75, 3.05) is 7.05 Å². The number of hydrogen-bond acceptors (Lipinski definition) is 2. The Bertz CT molecular complexity index is 101. The van der Waals surface area contributed by atoms with Gasteiger partial charge in [-0.3, -0.25) is 4.79 Å². The van der Waals surface area contributed by atoms with Gasteiger partial charge in [0.15, 0.2) is 0 Å². The molecular formula is C6H14N2O. The molecule has 0 aromatic carbocycles. The van der Waals surface area contributed by atoms with Crippen LogP contribution in [0.5, 0.6) is 0 Å². The van der Waals surface area contributed by atoms with Crippen LogP contribution in [0.4, 0.5) is 0 Å². The van der Waals surface area contributed by atoms with E-state index in [-0.39, 0.29) is 17.9 Å². The van der Waals surface area contributed by atoms with Gasteiger partial charge >= 0.3 is 0 Å². The first-order valence-electron chi connectivity index (χ1n) is 3.06. The maximum atomic E-state index is 10.5. The van der Waals surface area contributed by atoms with Crippen molar-refractivity contribution in [1.29, 1.82) is 0 Å². The predicted molar refractivity (Wildman–Crippen MR) is 36.9 cm³/mol. The first-order chi connectivity index (χ1) is 4.09. The Morgan fingerprint density at radius 1 is 1.56 bits per heavy atom. The van der Waals surface area contributed by atoms with Gasteiger partial charge < -0.3 is 11.1 Å². The molecule has 0 radical (unpaired) electrons. The Balaban J connectivity index is 3.83. The monoisotopic (exact) mass is 130 g/mol. The molecule has 0 aliphatic rings. The molecule has 0 heterocycles. The van der Waals surface area contributed by atoms with Gasteiger partial charge in [0.05, 0.1) is 6.04 Å². The van der Waals surface area contributed by atoms with Gasteiger partial charge in [-0.2, -0.15) is 0 Å². The van der Waals surface area contributed by atoms with Gasteiger partial charge in [-0.15, -0.1) is 0 Å². The van der Waals surface area contributed by atoms with Crippen molar-refractivity contribution >= 4 is 5.91 Å². The van der Waals surface area contributed by atoms with E-state index in [0.717, 1.165) is 0 Å². The molecule has 3 nitrogen and oxygen atoms in total. The fourth-order valence-corrected chi connectivity index (χ4v) is 0.804. The molecule has 0 spiro atoms. The summed E-state index contributed by atoms with van der Waals surface area (Å²) in [6.45, 7) is 3.90. The molecule has 1 unspecified atom stereocenters. The largest absolute Gasteiger partial charge is 0.368 e. The van der Waals surface area contributed by atoms with Crippen LogP contribution in [0.1, 0.15) is 13.8 Å². The summed E-state index contributed by atoms with van der Waals surface area (Å²) in [5, 5.41) is 2.83. The van der Waals surface area contributed by atoms with Crippen molar-refractivity contribution in [3.8, 4) is 0 Å². The van der Waals surface area contributed by atoms with Gasteiger partial charge in [-0.25, -0.2) is 0 Å². The molecule has 0 aliphatic carbocycles. The van der Waals surface area contributed by atoms with Crippen LogP contribution in [0.15, 0.2) is 0 Å². The van der Waals surface area contributed by atoms with Crippen molar-refractivity contribution in [1.82, 2.24) is 5.32 Å². The number of carbonyl (C=O) groups is 1. The molecule has 0 aromatic rings. The maximum Gasteiger partial charge on any atom is 0.234 e. The van der Waals surface area contributed by atoms with E-state index < -0.39 is 0 Å². The molecule has 54 valence electrons. The third-order valence-corrected chi connectivity index (χ3v) is 1.28. The number of rotatable bonds is 3. The second kappa shape index (κ2) is 3.45. The summed E-state index contributed by atoms with van der Waals surface area (Å²) in [6.07, 6.45) is 0. The molecule has 1 atom stereocenters. The van der Waals surface area contributed by atoms with Gasteiger partial charge in [-0.05, 0) is 13.0 Å². The van der Waals surface area contributed by atoms with Gasteiger partial charge in [0, 0.05) is 0 Å². The van der Waals surface area contributed by atoms with Crippen molar-refractivity contribution in [3.05, 3.63) is 0 Å². The molecule has 0 saturated carbocycles. The van der Waals surface area contributed by atoms with Crippen molar-refractivity contribution in [2.45, 2.75) is 19.9 Å². The molecule has 3 N–H and O–H groups in total. The fraction of sp³-hybridized carbons (Fsp3) is 0.833. The lowest BCUT2D eigenvalue weighted by Crippen LogP contribution is -2.42. The molecule has 9 heavy (non-hydrogen) atoms. The quantitative estimate of drug-likeness (QED) is 0.552. The third kappa shape index (κ3) is 2.46. The highest BCUT2D eigenvalue weighted by Crippen LogP contribution is 1.98. The summed E-state index contributed by atoms with van der Waals surface area (Å²) in [7, 11) is 1.73. The molecule has 0 rings (SSSR count). The smallest absolute Gasteiger partial charge is 0.234 e. The molecular weight excluding hydrogens is 116 g/mol. The molecule has 0 saturated heterocycles. The summed E-state index contributed by atoms with van der Waals surface area (Å²) < 4.78 is 0. The van der Waals surface area contributed by atoms with Crippen LogP contribution in [0.25, 0.3) is 0 Å². The van der Waals surface area contributed by atoms with E-state index in [2.05, 4.69) is 5.32 Å². The Kier molecular flexibility index (Phi) is 3.24. The average molecular weight is 130 g/mol. The van der Waals surface area contributed by atoms with Crippen molar-refractivity contribution in [3.63, 3.8) is 0 Å². The van der Waals surface area contributed by atoms with E-state index in [1.807, 2.05) is 13.8 Å². The minimum atomic E-state index is -0.285. The maximum absolute atomic E-state index is 10.5. The van der Waals surface area contributed by atoms with E-state index in [4.69, 9.17) is 5.73 Å². The van der Waals surface area contributed by atoms with E-state index in [9.17, 15) is 4.79 Å². The fourth-order valence-electron chi connectivity index (χ4n) is 0.804. The highest BCUT2D eigenvalue weighted by molar-refractivity contribution is 5.80. The third-order valence-electron chi connectivity index (χ3n) is 1.28. The Morgan fingerprint density at radius 3 is 2.00 bits per heavy atom. The molecule has 0 aromatic heterocycles. The highest BCUT2D eigenvalue weighted by Gasteiger charge is 2.15. The highest BCUT2D eigenvalue weighted by atomic mass is 16.1. The van der Waals surface area contributed by atoms with E-state index >= 15 is 0 Å². The van der Waals surface area contributed by atoms with Gasteiger partial charge in [-0.1, -0.05) is 13.8 Å². The van der Waals surface area contributed by atoms with E-state index in [0.29, 0.717) is 0 Å². The Hall–Kier alpha value is -0.570. The predicted octanol–water partition coefficient (Wildman–Crippen LogP) is -0.284. The lowest BCUT2D eigenvalue weighted by atomic mass is 10.0. The number of likely N-dealkylation sites (N-methyl/N-ethyl adjacent to an activating group) is 1. The van der Waals surface area contributed by atoms with Crippen LogP contribution in [0.3, 0.4) is 0 Å². The lowest BCUT2D eigenvalue weighted by Gasteiger charge is -2.14. The number of hydrogen-bond donors (Lipinski definition) is 2. The van der Waals surface area contributed by atoms with E-state index in [1.54, 1.807) is 7.05 Å². The summed E-state index contributed by atoms with van der Waals surface area (Å²) in [5.74, 6) is -0.0139. The summed E-state index contributed by atoms with van der Waals surface area (Å²) in [6, 6.07) is -0.190. The second-order valence-electron chi connectivity index (χ2n) is 2.41. The number of nitrogens with one attached hydrogen (secondary N) is 1. The SMILES string of the molecule is CNC(C(N)=O)C(C)C. The van der Waals surface area contributed by atoms with Crippen LogP contribution < -0.4 is 11.1 Å².